The molecular formula is C11H13FN2O2S2. The monoisotopic (exact) mass is 288 g/mol. The Kier molecular flexibility index (Phi) is 3.54. The molecule has 0 aliphatic heterocycles. The van der Waals surface area contributed by atoms with Gasteiger partial charge in [0.25, 0.3) is 0 Å². The van der Waals surface area contributed by atoms with Crippen LogP contribution >= 0.6 is 12.2 Å². The van der Waals surface area contributed by atoms with E-state index in [2.05, 4.69) is 4.98 Å². The predicted octanol–water partition coefficient (Wildman–Crippen LogP) is 2.27. The number of aromatic nitrogens is 2. The van der Waals surface area contributed by atoms with Crippen LogP contribution in [0.15, 0.2) is 18.2 Å². The van der Waals surface area contributed by atoms with Crippen molar-refractivity contribution in [1.29, 1.82) is 0 Å². The summed E-state index contributed by atoms with van der Waals surface area (Å²) in [6.45, 7) is 0.498. The summed E-state index contributed by atoms with van der Waals surface area (Å²) in [5.41, 5.74) is 1.41. The molecule has 0 unspecified atom stereocenters. The van der Waals surface area contributed by atoms with E-state index in [4.69, 9.17) is 12.2 Å². The molecule has 1 N–H and O–H groups in total. The summed E-state index contributed by atoms with van der Waals surface area (Å²) in [4.78, 5) is 2.90. The zero-order chi connectivity index (χ0) is 13.3. The van der Waals surface area contributed by atoms with E-state index in [0.29, 0.717) is 23.3 Å². The van der Waals surface area contributed by atoms with E-state index in [1.54, 1.807) is 10.6 Å². The van der Waals surface area contributed by atoms with E-state index < -0.39 is 9.84 Å². The Labute approximate surface area is 109 Å². The van der Waals surface area contributed by atoms with Gasteiger partial charge in [0.05, 0.1) is 16.8 Å². The summed E-state index contributed by atoms with van der Waals surface area (Å²) in [7, 11) is -2.97. The molecule has 0 bridgehead atoms. The normalized spacial score (nSPS) is 12.1. The number of benzene rings is 1. The number of hydrogen-bond donors (Lipinski definition) is 1. The van der Waals surface area contributed by atoms with Crippen molar-refractivity contribution in [1.82, 2.24) is 9.55 Å². The molecular weight excluding hydrogens is 275 g/mol. The van der Waals surface area contributed by atoms with Crippen LogP contribution in [-0.2, 0) is 16.4 Å². The Hall–Kier alpha value is -1.21. The van der Waals surface area contributed by atoms with Gasteiger partial charge < -0.3 is 9.55 Å². The van der Waals surface area contributed by atoms with Crippen LogP contribution in [0.2, 0.25) is 0 Å². The third-order valence-electron chi connectivity index (χ3n) is 2.63. The fourth-order valence-corrected chi connectivity index (χ4v) is 2.80. The lowest BCUT2D eigenvalue weighted by Crippen LogP contribution is -2.07. The molecule has 4 nitrogen and oxygen atoms in total. The van der Waals surface area contributed by atoms with Gasteiger partial charge in [0.15, 0.2) is 4.77 Å². The molecule has 1 heterocycles. The highest BCUT2D eigenvalue weighted by Crippen LogP contribution is 2.16. The lowest BCUT2D eigenvalue weighted by molar-refractivity contribution is 0.592. The van der Waals surface area contributed by atoms with Gasteiger partial charge in [0, 0.05) is 12.8 Å². The van der Waals surface area contributed by atoms with Crippen LogP contribution in [0.4, 0.5) is 4.39 Å². The van der Waals surface area contributed by atoms with Gasteiger partial charge >= 0.3 is 0 Å². The number of nitrogens with one attached hydrogen (secondary N) is 1. The Bertz CT molecular complexity index is 731. The molecule has 0 radical (unpaired) electrons. The number of halogens is 1. The number of imidazole rings is 1. The van der Waals surface area contributed by atoms with Crippen molar-refractivity contribution < 1.29 is 12.8 Å². The van der Waals surface area contributed by atoms with Gasteiger partial charge in [-0.3, -0.25) is 0 Å². The van der Waals surface area contributed by atoms with E-state index in [9.17, 15) is 12.8 Å². The van der Waals surface area contributed by atoms with Gasteiger partial charge in [0.2, 0.25) is 0 Å². The van der Waals surface area contributed by atoms with Gasteiger partial charge in [-0.25, -0.2) is 12.8 Å². The number of fused-ring (bicyclic) bond motifs is 1. The molecule has 1 aromatic heterocycles. The molecule has 0 aliphatic carbocycles. The van der Waals surface area contributed by atoms with Crippen LogP contribution in [0.1, 0.15) is 6.42 Å². The largest absolute Gasteiger partial charge is 0.330 e. The number of H-pyrrole nitrogens is 1. The van der Waals surface area contributed by atoms with E-state index >= 15 is 0 Å². The van der Waals surface area contributed by atoms with Crippen molar-refractivity contribution in [2.24, 2.45) is 0 Å². The van der Waals surface area contributed by atoms with Crippen LogP contribution in [-0.4, -0.2) is 30.0 Å². The first-order chi connectivity index (χ1) is 8.37. The minimum Gasteiger partial charge on any atom is -0.330 e. The molecule has 0 aliphatic rings. The Morgan fingerprint density at radius 2 is 2.17 bits per heavy atom. The van der Waals surface area contributed by atoms with E-state index in [1.807, 2.05) is 0 Å². The van der Waals surface area contributed by atoms with Crippen molar-refractivity contribution in [2.75, 3.05) is 12.0 Å². The van der Waals surface area contributed by atoms with Gasteiger partial charge in [-0.15, -0.1) is 0 Å². The van der Waals surface area contributed by atoms with Gasteiger partial charge in [-0.1, -0.05) is 0 Å². The Morgan fingerprint density at radius 1 is 1.44 bits per heavy atom. The zero-order valence-electron chi connectivity index (χ0n) is 9.81. The smallest absolute Gasteiger partial charge is 0.178 e. The molecule has 0 fully saturated rings. The second-order valence-electron chi connectivity index (χ2n) is 4.23. The first kappa shape index (κ1) is 13.2. The van der Waals surface area contributed by atoms with Crippen LogP contribution < -0.4 is 0 Å². The maximum Gasteiger partial charge on any atom is 0.178 e. The summed E-state index contributed by atoms with van der Waals surface area (Å²) in [5, 5.41) is 0. The molecule has 0 atom stereocenters. The molecule has 0 spiro atoms. The summed E-state index contributed by atoms with van der Waals surface area (Å²) in [5.74, 6) is -0.218. The summed E-state index contributed by atoms with van der Waals surface area (Å²) in [6.07, 6.45) is 1.69. The topological polar surface area (TPSA) is 54.9 Å². The van der Waals surface area contributed by atoms with Crippen molar-refractivity contribution in [2.45, 2.75) is 13.0 Å². The Morgan fingerprint density at radius 3 is 2.83 bits per heavy atom. The van der Waals surface area contributed by atoms with Crippen LogP contribution in [0.3, 0.4) is 0 Å². The molecule has 0 saturated heterocycles. The zero-order valence-corrected chi connectivity index (χ0v) is 11.4. The molecule has 18 heavy (non-hydrogen) atoms. The molecule has 2 rings (SSSR count). The number of rotatable bonds is 4. The predicted molar refractivity (Wildman–Crippen MR) is 71.4 cm³/mol. The standard InChI is InChI=1S/C11H13FN2O2S2/c1-18(15,16)6-2-5-14-10-4-3-8(12)7-9(10)13-11(14)17/h3-4,7H,2,5-6H2,1H3,(H,13,17). The first-order valence-corrected chi connectivity index (χ1v) is 7.89. The van der Waals surface area contributed by atoms with E-state index in [1.165, 1.54) is 18.4 Å². The first-order valence-electron chi connectivity index (χ1n) is 5.42. The number of aryl methyl sites for hydroxylation is 1. The highest BCUT2D eigenvalue weighted by molar-refractivity contribution is 7.90. The van der Waals surface area contributed by atoms with Gasteiger partial charge in [-0.2, -0.15) is 0 Å². The number of nitrogens with zero attached hydrogens (tertiary/aromatic N) is 1. The van der Waals surface area contributed by atoms with E-state index in [-0.39, 0.29) is 11.6 Å². The van der Waals surface area contributed by atoms with Gasteiger partial charge in [-0.05, 0) is 36.8 Å². The van der Waals surface area contributed by atoms with Crippen molar-refractivity contribution in [3.05, 3.63) is 28.8 Å². The summed E-state index contributed by atoms with van der Waals surface area (Å²) in [6, 6.07) is 4.37. The third kappa shape index (κ3) is 2.97. The molecule has 0 amide bonds. The number of sulfone groups is 1. The average molecular weight is 288 g/mol. The highest BCUT2D eigenvalue weighted by Gasteiger charge is 2.07. The van der Waals surface area contributed by atoms with Crippen LogP contribution in [0, 0.1) is 10.6 Å². The highest BCUT2D eigenvalue weighted by atomic mass is 32.2. The second-order valence-corrected chi connectivity index (χ2v) is 6.87. The molecule has 7 heteroatoms. The van der Waals surface area contributed by atoms with Gasteiger partial charge in [0.1, 0.15) is 15.7 Å². The third-order valence-corrected chi connectivity index (χ3v) is 3.99. The molecule has 0 saturated carbocycles. The summed E-state index contributed by atoms with van der Waals surface area (Å²) < 4.78 is 37.4. The maximum absolute atomic E-state index is 13.0. The molecule has 98 valence electrons. The quantitative estimate of drug-likeness (QED) is 0.878. The lowest BCUT2D eigenvalue weighted by atomic mass is 10.3. The minimum absolute atomic E-state index is 0.114. The van der Waals surface area contributed by atoms with Crippen molar-refractivity contribution in [3.8, 4) is 0 Å². The SMILES string of the molecule is CS(=O)(=O)CCCn1c(=S)[nH]c2cc(F)ccc21. The molecule has 1 aromatic carbocycles. The Balaban J connectivity index is 2.28. The second kappa shape index (κ2) is 4.81. The maximum atomic E-state index is 13.0. The van der Waals surface area contributed by atoms with Crippen molar-refractivity contribution >= 4 is 33.1 Å². The van der Waals surface area contributed by atoms with E-state index in [0.717, 1.165) is 5.52 Å². The summed E-state index contributed by atoms with van der Waals surface area (Å²) >= 11 is 5.14. The average Bonchev–Trinajstić information content (AvgIpc) is 2.52. The van der Waals surface area contributed by atoms with Crippen LogP contribution in [0.5, 0.6) is 0 Å². The molecule has 2 aromatic rings. The lowest BCUT2D eigenvalue weighted by Gasteiger charge is -2.03. The number of hydrogen-bond acceptors (Lipinski definition) is 3. The fraction of sp³-hybridized carbons (Fsp3) is 0.364. The van der Waals surface area contributed by atoms with Crippen molar-refractivity contribution in [3.63, 3.8) is 0 Å². The van der Waals surface area contributed by atoms with Crippen LogP contribution in [0.25, 0.3) is 11.0 Å². The fourth-order valence-electron chi connectivity index (χ4n) is 1.84. The minimum atomic E-state index is -2.97. The number of aromatic amines is 1.